The highest BCUT2D eigenvalue weighted by atomic mass is 35.5. The Hall–Kier alpha value is -2.43. The van der Waals surface area contributed by atoms with Crippen molar-refractivity contribution in [3.63, 3.8) is 0 Å². The minimum atomic E-state index is -0.101. The van der Waals surface area contributed by atoms with Gasteiger partial charge in [0, 0.05) is 42.3 Å². The Morgan fingerprint density at radius 1 is 0.808 bits per heavy atom. The molecule has 2 aromatic carbocycles. The number of likely N-dealkylation sites (N-methyl/N-ethyl adjacent to an activating group) is 1. The van der Waals surface area contributed by atoms with Gasteiger partial charge in [-0.1, -0.05) is 48.0 Å². The molecule has 0 spiro atoms. The van der Waals surface area contributed by atoms with Crippen molar-refractivity contribution >= 4 is 28.7 Å². The number of carbonyl (C=O) groups excluding carboxylic acids is 2. The average molecular weight is 367 g/mol. The summed E-state index contributed by atoms with van der Waals surface area (Å²) in [7, 11) is 2.06. The molecule has 1 heterocycles. The van der Waals surface area contributed by atoms with Crippen molar-refractivity contribution in [2.45, 2.75) is 0 Å². The zero-order chi connectivity index (χ0) is 18.3. The van der Waals surface area contributed by atoms with E-state index in [9.17, 15) is 9.59 Å². The number of fused-ring (bicyclic) bond motifs is 1. The second kappa shape index (κ2) is 6.71. The molecule has 0 bridgehead atoms. The van der Waals surface area contributed by atoms with Gasteiger partial charge >= 0.3 is 0 Å². The molecule has 1 saturated heterocycles. The molecule has 2 aliphatic rings. The number of allylic oxidation sites excluding steroid dienone is 2. The number of carbonyl (C=O) groups is 2. The van der Waals surface area contributed by atoms with Gasteiger partial charge in [0.25, 0.3) is 0 Å². The van der Waals surface area contributed by atoms with Crippen molar-refractivity contribution in [1.82, 2.24) is 9.80 Å². The minimum absolute atomic E-state index is 0.0743. The van der Waals surface area contributed by atoms with Gasteiger partial charge in [-0.05, 0) is 24.7 Å². The van der Waals surface area contributed by atoms with Gasteiger partial charge in [0.1, 0.15) is 0 Å². The third-order valence-electron chi connectivity index (χ3n) is 5.05. The van der Waals surface area contributed by atoms with Crippen molar-refractivity contribution in [2.24, 2.45) is 0 Å². The summed E-state index contributed by atoms with van der Waals surface area (Å²) in [5.41, 5.74) is 2.69. The monoisotopic (exact) mass is 366 g/mol. The zero-order valence-corrected chi connectivity index (χ0v) is 15.3. The third kappa shape index (κ3) is 2.85. The highest BCUT2D eigenvalue weighted by molar-refractivity contribution is 6.40. The molecule has 1 aliphatic heterocycles. The van der Waals surface area contributed by atoms with E-state index in [1.54, 1.807) is 36.4 Å². The van der Waals surface area contributed by atoms with Crippen LogP contribution in [0.2, 0.25) is 5.02 Å². The summed E-state index contributed by atoms with van der Waals surface area (Å²) in [6.45, 7) is 3.18. The molecule has 0 amide bonds. The first kappa shape index (κ1) is 17.0. The molecule has 1 aliphatic carbocycles. The second-order valence-electron chi connectivity index (χ2n) is 6.72. The normalized spacial score (nSPS) is 18.3. The van der Waals surface area contributed by atoms with Crippen LogP contribution in [-0.4, -0.2) is 54.6 Å². The molecule has 4 nitrogen and oxygen atoms in total. The Morgan fingerprint density at radius 2 is 1.38 bits per heavy atom. The molecule has 0 saturated carbocycles. The number of ketones is 2. The van der Waals surface area contributed by atoms with E-state index in [0.29, 0.717) is 27.4 Å². The van der Waals surface area contributed by atoms with Gasteiger partial charge in [0.15, 0.2) is 5.78 Å². The van der Waals surface area contributed by atoms with Gasteiger partial charge in [0.2, 0.25) is 5.78 Å². The lowest BCUT2D eigenvalue weighted by Gasteiger charge is -2.37. The Morgan fingerprint density at radius 3 is 2.00 bits per heavy atom. The lowest BCUT2D eigenvalue weighted by atomic mass is 9.83. The standard InChI is InChI=1S/C21H19ClN2O2/c1-23-10-12-24(13-11-23)19-18(14-6-8-15(22)9-7-14)20(25)16-4-2-3-5-17(16)21(19)26/h2-9H,10-13H2,1H3. The van der Waals surface area contributed by atoms with E-state index in [-0.39, 0.29) is 11.6 Å². The smallest absolute Gasteiger partial charge is 0.210 e. The van der Waals surface area contributed by atoms with Crippen molar-refractivity contribution in [3.8, 4) is 0 Å². The summed E-state index contributed by atoms with van der Waals surface area (Å²) in [4.78, 5) is 30.9. The number of Topliss-reactive ketones (excluding diaryl/α,β-unsaturated/α-hetero) is 2. The summed E-state index contributed by atoms with van der Waals surface area (Å²) in [6.07, 6.45) is 0. The molecule has 0 aromatic heterocycles. The second-order valence-corrected chi connectivity index (χ2v) is 7.16. The first-order valence-corrected chi connectivity index (χ1v) is 9.06. The Labute approximate surface area is 157 Å². The maximum absolute atomic E-state index is 13.3. The predicted molar refractivity (Wildman–Crippen MR) is 103 cm³/mol. The maximum Gasteiger partial charge on any atom is 0.210 e. The molecule has 1 fully saturated rings. The summed E-state index contributed by atoms with van der Waals surface area (Å²) < 4.78 is 0. The van der Waals surface area contributed by atoms with Crippen LogP contribution >= 0.6 is 11.6 Å². The number of benzene rings is 2. The Balaban J connectivity index is 1.89. The molecular formula is C21H19ClN2O2. The summed E-state index contributed by atoms with van der Waals surface area (Å²) >= 11 is 6.01. The van der Waals surface area contributed by atoms with Crippen LogP contribution in [0.15, 0.2) is 54.2 Å². The Bertz CT molecular complexity index is 910. The molecule has 5 heteroatoms. The van der Waals surface area contributed by atoms with Crippen LogP contribution in [0.4, 0.5) is 0 Å². The number of rotatable bonds is 2. The van der Waals surface area contributed by atoms with Crippen molar-refractivity contribution in [2.75, 3.05) is 33.2 Å². The topological polar surface area (TPSA) is 40.6 Å². The fraction of sp³-hybridized carbons (Fsp3) is 0.238. The van der Waals surface area contributed by atoms with Crippen molar-refractivity contribution < 1.29 is 9.59 Å². The molecular weight excluding hydrogens is 348 g/mol. The average Bonchev–Trinajstić information content (AvgIpc) is 2.66. The predicted octanol–water partition coefficient (Wildman–Crippen LogP) is 3.38. The van der Waals surface area contributed by atoms with E-state index in [4.69, 9.17) is 11.6 Å². The number of hydrogen-bond donors (Lipinski definition) is 0. The van der Waals surface area contributed by atoms with E-state index in [1.807, 2.05) is 12.1 Å². The number of hydrogen-bond acceptors (Lipinski definition) is 4. The van der Waals surface area contributed by atoms with Gasteiger partial charge in [-0.25, -0.2) is 0 Å². The van der Waals surface area contributed by atoms with Crippen LogP contribution in [0.25, 0.3) is 5.57 Å². The molecule has 2 aromatic rings. The largest absolute Gasteiger partial charge is 0.365 e. The fourth-order valence-corrected chi connectivity index (χ4v) is 3.70. The SMILES string of the molecule is CN1CCN(C2=C(c3ccc(Cl)cc3)C(=O)c3ccccc3C2=O)CC1. The van der Waals surface area contributed by atoms with Gasteiger partial charge in [-0.3, -0.25) is 9.59 Å². The lowest BCUT2D eigenvalue weighted by Crippen LogP contribution is -2.46. The lowest BCUT2D eigenvalue weighted by molar-refractivity contribution is 0.0934. The van der Waals surface area contributed by atoms with Crippen LogP contribution in [0, 0.1) is 0 Å². The van der Waals surface area contributed by atoms with Crippen LogP contribution in [0.1, 0.15) is 26.3 Å². The zero-order valence-electron chi connectivity index (χ0n) is 14.5. The first-order chi connectivity index (χ1) is 12.6. The van der Waals surface area contributed by atoms with Crippen LogP contribution in [-0.2, 0) is 0 Å². The molecule has 132 valence electrons. The van der Waals surface area contributed by atoms with E-state index < -0.39 is 0 Å². The highest BCUT2D eigenvalue weighted by Crippen LogP contribution is 2.34. The maximum atomic E-state index is 13.3. The fourth-order valence-electron chi connectivity index (χ4n) is 3.58. The van der Waals surface area contributed by atoms with E-state index in [1.165, 1.54) is 0 Å². The number of halogens is 1. The Kier molecular flexibility index (Phi) is 4.39. The van der Waals surface area contributed by atoms with E-state index in [2.05, 4.69) is 16.8 Å². The van der Waals surface area contributed by atoms with Crippen LogP contribution in [0.3, 0.4) is 0 Å². The molecule has 0 atom stereocenters. The summed E-state index contributed by atoms with van der Waals surface area (Å²) in [5.74, 6) is -0.175. The van der Waals surface area contributed by atoms with Crippen molar-refractivity contribution in [1.29, 1.82) is 0 Å². The summed E-state index contributed by atoms with van der Waals surface area (Å²) in [6, 6.07) is 14.2. The van der Waals surface area contributed by atoms with Gasteiger partial charge in [0.05, 0.1) is 11.3 Å². The van der Waals surface area contributed by atoms with Crippen LogP contribution in [0.5, 0.6) is 0 Å². The third-order valence-corrected chi connectivity index (χ3v) is 5.30. The van der Waals surface area contributed by atoms with Gasteiger partial charge < -0.3 is 9.80 Å². The van der Waals surface area contributed by atoms with Gasteiger partial charge in [-0.2, -0.15) is 0 Å². The molecule has 0 N–H and O–H groups in total. The number of piperazine rings is 1. The molecule has 0 unspecified atom stereocenters. The molecule has 0 radical (unpaired) electrons. The van der Waals surface area contributed by atoms with Gasteiger partial charge in [-0.15, -0.1) is 0 Å². The quantitative estimate of drug-likeness (QED) is 0.817. The molecule has 4 rings (SSSR count). The van der Waals surface area contributed by atoms with E-state index >= 15 is 0 Å². The van der Waals surface area contributed by atoms with Crippen molar-refractivity contribution in [3.05, 3.63) is 75.9 Å². The van der Waals surface area contributed by atoms with Crippen LogP contribution < -0.4 is 0 Å². The first-order valence-electron chi connectivity index (χ1n) is 8.68. The van der Waals surface area contributed by atoms with E-state index in [0.717, 1.165) is 31.7 Å². The summed E-state index contributed by atoms with van der Waals surface area (Å²) in [5, 5.41) is 0.602. The minimum Gasteiger partial charge on any atom is -0.365 e. The highest BCUT2D eigenvalue weighted by Gasteiger charge is 2.36. The number of nitrogens with zero attached hydrogens (tertiary/aromatic N) is 2. The molecule has 26 heavy (non-hydrogen) atoms.